The number of nitrogens with zero attached hydrogens (tertiary/aromatic N) is 5. The van der Waals surface area contributed by atoms with Gasteiger partial charge in [0.15, 0.2) is 10.8 Å². The third-order valence-electron chi connectivity index (χ3n) is 5.30. The van der Waals surface area contributed by atoms with Crippen LogP contribution in [0.4, 0.5) is 5.82 Å². The summed E-state index contributed by atoms with van der Waals surface area (Å²) in [5, 5.41) is 8.28. The number of thioether (sulfide) groups is 1. The summed E-state index contributed by atoms with van der Waals surface area (Å²) in [5.74, 6) is 0.922. The van der Waals surface area contributed by atoms with Crippen molar-refractivity contribution in [3.05, 3.63) is 70.3 Å². The molecule has 9 heteroatoms. The Bertz CT molecular complexity index is 1360. The first-order valence-electron chi connectivity index (χ1n) is 9.93. The van der Waals surface area contributed by atoms with Crippen LogP contribution in [0.5, 0.6) is 0 Å². The molecule has 1 aliphatic heterocycles. The molecule has 1 aliphatic rings. The minimum Gasteiger partial charge on any atom is -0.311 e. The Labute approximate surface area is 182 Å². The van der Waals surface area contributed by atoms with Gasteiger partial charge in [0, 0.05) is 18.4 Å². The van der Waals surface area contributed by atoms with Crippen LogP contribution in [0.1, 0.15) is 23.6 Å². The van der Waals surface area contributed by atoms with Gasteiger partial charge in [0.1, 0.15) is 11.2 Å². The van der Waals surface area contributed by atoms with Crippen molar-refractivity contribution in [2.45, 2.75) is 31.5 Å². The Balaban J connectivity index is 1.48. The zero-order valence-corrected chi connectivity index (χ0v) is 17.9. The quantitative estimate of drug-likeness (QED) is 0.498. The molecule has 31 heavy (non-hydrogen) atoms. The van der Waals surface area contributed by atoms with E-state index in [4.69, 9.17) is 4.98 Å². The third-order valence-corrected chi connectivity index (χ3v) is 6.40. The number of carbonyl (C=O) groups is 1. The van der Waals surface area contributed by atoms with Crippen LogP contribution in [-0.2, 0) is 4.79 Å². The molecule has 5 rings (SSSR count). The SMILES string of the molecule is Cc1ccc(-n2ncc3c(=O)n4c(nc32)SCC4CC(=O)Nc2ccccn2)c(C)c1. The minimum atomic E-state index is -0.266. The molecule has 4 aromatic rings. The van der Waals surface area contributed by atoms with Gasteiger partial charge in [-0.15, -0.1) is 0 Å². The molecule has 8 nitrogen and oxygen atoms in total. The number of hydrogen-bond donors (Lipinski definition) is 1. The van der Waals surface area contributed by atoms with Crippen molar-refractivity contribution in [3.63, 3.8) is 0 Å². The van der Waals surface area contributed by atoms with Gasteiger partial charge in [-0.05, 0) is 37.6 Å². The predicted octanol–water partition coefficient (Wildman–Crippen LogP) is 3.27. The van der Waals surface area contributed by atoms with Crippen molar-refractivity contribution in [3.8, 4) is 5.69 Å². The van der Waals surface area contributed by atoms with Crippen LogP contribution in [0.3, 0.4) is 0 Å². The molecule has 1 amide bonds. The highest BCUT2D eigenvalue weighted by molar-refractivity contribution is 7.99. The van der Waals surface area contributed by atoms with E-state index < -0.39 is 0 Å². The van der Waals surface area contributed by atoms with Crippen molar-refractivity contribution in [1.82, 2.24) is 24.3 Å². The fourth-order valence-electron chi connectivity index (χ4n) is 3.84. The summed E-state index contributed by atoms with van der Waals surface area (Å²) < 4.78 is 3.34. The largest absolute Gasteiger partial charge is 0.311 e. The van der Waals surface area contributed by atoms with Crippen LogP contribution in [0.15, 0.2) is 58.7 Å². The highest BCUT2D eigenvalue weighted by Gasteiger charge is 2.29. The second-order valence-corrected chi connectivity index (χ2v) is 8.57. The van der Waals surface area contributed by atoms with E-state index in [-0.39, 0.29) is 23.9 Å². The van der Waals surface area contributed by atoms with E-state index >= 15 is 0 Å². The maximum atomic E-state index is 13.3. The normalized spacial score (nSPS) is 15.2. The Hall–Kier alpha value is -3.46. The number of fused-ring (bicyclic) bond motifs is 2. The van der Waals surface area contributed by atoms with Gasteiger partial charge in [-0.2, -0.15) is 5.10 Å². The average molecular weight is 433 g/mol. The molecular formula is C22H20N6O2S. The first-order chi connectivity index (χ1) is 15.0. The molecule has 4 heterocycles. The number of hydrogen-bond acceptors (Lipinski definition) is 6. The Morgan fingerprint density at radius 2 is 2.13 bits per heavy atom. The van der Waals surface area contributed by atoms with Crippen LogP contribution < -0.4 is 10.9 Å². The van der Waals surface area contributed by atoms with Gasteiger partial charge in [0.25, 0.3) is 5.56 Å². The number of aromatic nitrogens is 5. The number of rotatable bonds is 4. The molecular weight excluding hydrogens is 412 g/mol. The molecule has 1 aromatic carbocycles. The van der Waals surface area contributed by atoms with E-state index in [0.717, 1.165) is 16.8 Å². The molecule has 0 aliphatic carbocycles. The van der Waals surface area contributed by atoms with Crippen LogP contribution in [0, 0.1) is 13.8 Å². The maximum absolute atomic E-state index is 13.3. The number of anilines is 1. The van der Waals surface area contributed by atoms with Gasteiger partial charge < -0.3 is 5.32 Å². The fourth-order valence-corrected chi connectivity index (χ4v) is 4.98. The first-order valence-corrected chi connectivity index (χ1v) is 10.9. The molecule has 0 radical (unpaired) electrons. The van der Waals surface area contributed by atoms with E-state index in [1.54, 1.807) is 33.8 Å². The summed E-state index contributed by atoms with van der Waals surface area (Å²) in [6.45, 7) is 4.05. The van der Waals surface area contributed by atoms with E-state index in [2.05, 4.69) is 21.5 Å². The van der Waals surface area contributed by atoms with Crippen molar-refractivity contribution in [2.75, 3.05) is 11.1 Å². The van der Waals surface area contributed by atoms with E-state index in [0.29, 0.717) is 27.8 Å². The van der Waals surface area contributed by atoms with Crippen LogP contribution in [0.25, 0.3) is 16.7 Å². The Morgan fingerprint density at radius 3 is 2.90 bits per heavy atom. The second kappa shape index (κ2) is 7.66. The van der Waals surface area contributed by atoms with E-state index in [9.17, 15) is 9.59 Å². The van der Waals surface area contributed by atoms with Crippen LogP contribution in [0.2, 0.25) is 0 Å². The summed E-state index contributed by atoms with van der Waals surface area (Å²) in [4.78, 5) is 34.6. The number of nitrogens with one attached hydrogen (secondary N) is 1. The summed E-state index contributed by atoms with van der Waals surface area (Å²) >= 11 is 1.48. The fraction of sp³-hybridized carbons (Fsp3) is 0.227. The van der Waals surface area contributed by atoms with Crippen molar-refractivity contribution in [2.24, 2.45) is 0 Å². The molecule has 0 saturated heterocycles. The van der Waals surface area contributed by atoms with Crippen molar-refractivity contribution >= 4 is 34.5 Å². The lowest BCUT2D eigenvalue weighted by Gasteiger charge is -2.13. The standard InChI is InChI=1S/C22H20N6O2S/c1-13-6-7-17(14(2)9-13)28-20-16(11-24-28)21(30)27-15(12-31-22(27)26-20)10-19(29)25-18-5-3-4-8-23-18/h3-9,11,15H,10,12H2,1-2H3,(H,23,25,29). The summed E-state index contributed by atoms with van der Waals surface area (Å²) in [6, 6.07) is 11.1. The topological polar surface area (TPSA) is 94.7 Å². The van der Waals surface area contributed by atoms with E-state index in [1.807, 2.05) is 32.0 Å². The van der Waals surface area contributed by atoms with Gasteiger partial charge in [-0.1, -0.05) is 35.5 Å². The molecule has 1 N–H and O–H groups in total. The third kappa shape index (κ3) is 3.50. The van der Waals surface area contributed by atoms with Crippen LogP contribution in [-0.4, -0.2) is 36.0 Å². The highest BCUT2D eigenvalue weighted by atomic mass is 32.2. The van der Waals surface area contributed by atoms with Crippen molar-refractivity contribution in [1.29, 1.82) is 0 Å². The highest BCUT2D eigenvalue weighted by Crippen LogP contribution is 2.33. The lowest BCUT2D eigenvalue weighted by molar-refractivity contribution is -0.116. The summed E-state index contributed by atoms with van der Waals surface area (Å²) in [5.41, 5.74) is 3.48. The molecule has 0 fully saturated rings. The maximum Gasteiger partial charge on any atom is 0.265 e. The van der Waals surface area contributed by atoms with Gasteiger partial charge in [-0.25, -0.2) is 14.6 Å². The molecule has 3 aromatic heterocycles. The number of carbonyl (C=O) groups excluding carboxylic acids is 1. The molecule has 1 unspecified atom stereocenters. The predicted molar refractivity (Wildman–Crippen MR) is 120 cm³/mol. The second-order valence-electron chi connectivity index (χ2n) is 7.59. The summed E-state index contributed by atoms with van der Waals surface area (Å²) in [6.07, 6.45) is 3.36. The van der Waals surface area contributed by atoms with Gasteiger partial charge in [-0.3, -0.25) is 14.2 Å². The first kappa shape index (κ1) is 19.5. The van der Waals surface area contributed by atoms with Crippen LogP contribution >= 0.6 is 11.8 Å². The number of benzene rings is 1. The molecule has 0 bridgehead atoms. The average Bonchev–Trinajstić information content (AvgIpc) is 3.34. The molecule has 0 spiro atoms. The number of amides is 1. The molecule has 156 valence electrons. The Kier molecular flexibility index (Phi) is 4.82. The molecule has 1 atom stereocenters. The minimum absolute atomic E-state index is 0.170. The molecule has 0 saturated carbocycles. The van der Waals surface area contributed by atoms with E-state index in [1.165, 1.54) is 11.8 Å². The summed E-state index contributed by atoms with van der Waals surface area (Å²) in [7, 11) is 0. The lowest BCUT2D eigenvalue weighted by atomic mass is 10.1. The van der Waals surface area contributed by atoms with Crippen molar-refractivity contribution < 1.29 is 4.79 Å². The lowest BCUT2D eigenvalue weighted by Crippen LogP contribution is -2.27. The zero-order chi connectivity index (χ0) is 21.5. The van der Waals surface area contributed by atoms with Gasteiger partial charge >= 0.3 is 0 Å². The zero-order valence-electron chi connectivity index (χ0n) is 17.1. The monoisotopic (exact) mass is 432 g/mol. The van der Waals surface area contributed by atoms with Gasteiger partial charge in [0.2, 0.25) is 5.91 Å². The smallest absolute Gasteiger partial charge is 0.265 e. The van der Waals surface area contributed by atoms with Gasteiger partial charge in [0.05, 0.1) is 17.9 Å². The number of aryl methyl sites for hydroxylation is 2. The Morgan fingerprint density at radius 1 is 1.26 bits per heavy atom. The number of pyridine rings is 1.